The monoisotopic (exact) mass is 295 g/mol. The summed E-state index contributed by atoms with van der Waals surface area (Å²) in [4.78, 5) is 4.95. The van der Waals surface area contributed by atoms with E-state index < -0.39 is 0 Å². The topological polar surface area (TPSA) is 36.4 Å². The maximum absolute atomic E-state index is 4.95. The third kappa shape index (κ3) is 3.33. The van der Waals surface area contributed by atoms with E-state index in [-0.39, 0.29) is 11.1 Å². The summed E-state index contributed by atoms with van der Waals surface area (Å²) in [6, 6.07) is 1.15. The van der Waals surface area contributed by atoms with Gasteiger partial charge in [0, 0.05) is 22.4 Å². The molecule has 114 valence electrons. The number of rotatable bonds is 1. The highest BCUT2D eigenvalue weighted by Crippen LogP contribution is 2.37. The van der Waals surface area contributed by atoms with Gasteiger partial charge in [0.25, 0.3) is 0 Å². The molecule has 1 aliphatic carbocycles. The van der Waals surface area contributed by atoms with E-state index in [2.05, 4.69) is 38.3 Å². The van der Waals surface area contributed by atoms with Gasteiger partial charge in [0.1, 0.15) is 0 Å². The number of nitrogens with zero attached hydrogens (tertiary/aromatic N) is 1. The van der Waals surface area contributed by atoms with Crippen molar-refractivity contribution in [3.63, 3.8) is 0 Å². The largest absolute Gasteiger partial charge is 0.362 e. The molecule has 0 bridgehead atoms. The molecule has 0 aromatic heterocycles. The number of hydrogen-bond donors (Lipinski definition) is 2. The first-order valence-electron chi connectivity index (χ1n) is 8.13. The third-order valence-electron chi connectivity index (χ3n) is 4.73. The normalized spacial score (nSPS) is 36.3. The predicted molar refractivity (Wildman–Crippen MR) is 88.5 cm³/mol. The summed E-state index contributed by atoms with van der Waals surface area (Å²) in [5.41, 5.74) is 0.409. The van der Waals surface area contributed by atoms with E-state index in [9.17, 15) is 0 Å². The Balaban J connectivity index is 1.63. The molecule has 0 aromatic carbocycles. The van der Waals surface area contributed by atoms with E-state index in [1.807, 2.05) is 11.8 Å². The zero-order valence-corrected chi connectivity index (χ0v) is 14.1. The van der Waals surface area contributed by atoms with Crippen molar-refractivity contribution in [2.45, 2.75) is 94.6 Å². The van der Waals surface area contributed by atoms with Crippen LogP contribution >= 0.6 is 11.8 Å². The Kier molecular flexibility index (Phi) is 3.83. The van der Waals surface area contributed by atoms with Crippen LogP contribution in [0.4, 0.5) is 0 Å². The average Bonchev–Trinajstić information content (AvgIpc) is 2.66. The Morgan fingerprint density at radius 2 is 1.75 bits per heavy atom. The van der Waals surface area contributed by atoms with Crippen LogP contribution in [0, 0.1) is 0 Å². The molecule has 2 N–H and O–H groups in total. The maximum atomic E-state index is 4.95. The summed E-state index contributed by atoms with van der Waals surface area (Å²) in [5.74, 6) is 0. The predicted octanol–water partition coefficient (Wildman–Crippen LogP) is 3.30. The second-order valence-electron chi connectivity index (χ2n) is 8.08. The van der Waals surface area contributed by atoms with Crippen molar-refractivity contribution < 1.29 is 0 Å². The SMILES string of the molecule is CC1(C)CC(NC2=N[C@H]3CCCC[C@@H]3S2)CC(C)(C)N1. The number of aliphatic imine (C=N–C) groups is 1. The molecule has 3 rings (SSSR count). The number of amidine groups is 1. The van der Waals surface area contributed by atoms with Crippen LogP contribution in [0.3, 0.4) is 0 Å². The molecule has 3 aliphatic rings. The molecular weight excluding hydrogens is 266 g/mol. The lowest BCUT2D eigenvalue weighted by Gasteiger charge is -2.46. The average molecular weight is 295 g/mol. The molecule has 0 amide bonds. The summed E-state index contributed by atoms with van der Waals surface area (Å²) >= 11 is 2.01. The van der Waals surface area contributed by atoms with Crippen LogP contribution in [0.1, 0.15) is 66.2 Å². The van der Waals surface area contributed by atoms with E-state index in [4.69, 9.17) is 4.99 Å². The molecule has 1 saturated heterocycles. The minimum absolute atomic E-state index is 0.204. The number of piperidine rings is 1. The highest BCUT2D eigenvalue weighted by Gasteiger charge is 2.39. The molecule has 0 unspecified atom stereocenters. The van der Waals surface area contributed by atoms with E-state index in [0.717, 1.165) is 5.25 Å². The number of nitrogens with one attached hydrogen (secondary N) is 2. The summed E-state index contributed by atoms with van der Waals surface area (Å²) < 4.78 is 0. The second-order valence-corrected chi connectivity index (χ2v) is 9.31. The van der Waals surface area contributed by atoms with Crippen molar-refractivity contribution in [3.05, 3.63) is 0 Å². The smallest absolute Gasteiger partial charge is 0.157 e. The molecule has 0 aromatic rings. The molecular formula is C16H29N3S. The quantitative estimate of drug-likeness (QED) is 0.779. The van der Waals surface area contributed by atoms with Crippen LogP contribution in [-0.4, -0.2) is 33.6 Å². The van der Waals surface area contributed by atoms with Gasteiger partial charge in [-0.3, -0.25) is 4.99 Å². The Hall–Kier alpha value is -0.220. The lowest BCUT2D eigenvalue weighted by molar-refractivity contribution is 0.156. The van der Waals surface area contributed by atoms with Crippen LogP contribution in [0.25, 0.3) is 0 Å². The molecule has 2 heterocycles. The van der Waals surface area contributed by atoms with E-state index in [1.54, 1.807) is 0 Å². The molecule has 2 fully saturated rings. The molecule has 0 spiro atoms. The first-order chi connectivity index (χ1) is 9.33. The van der Waals surface area contributed by atoms with Crippen molar-refractivity contribution in [3.8, 4) is 0 Å². The van der Waals surface area contributed by atoms with E-state index in [1.165, 1.54) is 43.7 Å². The Bertz CT molecular complexity index is 387. The van der Waals surface area contributed by atoms with Crippen LogP contribution in [0.2, 0.25) is 0 Å². The molecule has 20 heavy (non-hydrogen) atoms. The Labute approximate surface area is 127 Å². The summed E-state index contributed by atoms with van der Waals surface area (Å²) in [5, 5.41) is 9.49. The summed E-state index contributed by atoms with van der Waals surface area (Å²) in [6.07, 6.45) is 7.76. The Morgan fingerprint density at radius 3 is 2.40 bits per heavy atom. The van der Waals surface area contributed by atoms with Gasteiger partial charge in [0.15, 0.2) is 5.17 Å². The third-order valence-corrected chi connectivity index (χ3v) is 6.03. The minimum Gasteiger partial charge on any atom is -0.362 e. The number of thioether (sulfide) groups is 1. The van der Waals surface area contributed by atoms with Gasteiger partial charge in [-0.2, -0.15) is 0 Å². The summed E-state index contributed by atoms with van der Waals surface area (Å²) in [7, 11) is 0. The molecule has 4 heteroatoms. The van der Waals surface area contributed by atoms with Crippen LogP contribution in [-0.2, 0) is 0 Å². The molecule has 2 atom stereocenters. The van der Waals surface area contributed by atoms with Gasteiger partial charge in [0.2, 0.25) is 0 Å². The maximum Gasteiger partial charge on any atom is 0.157 e. The van der Waals surface area contributed by atoms with Crippen molar-refractivity contribution in [2.24, 2.45) is 4.99 Å². The standard InChI is InChI=1S/C16H29N3S/c1-15(2)9-11(10-16(3,4)19-15)17-14-18-12-7-5-6-8-13(12)20-14/h11-13,19H,5-10H2,1-4H3,(H,17,18)/t12-,13-/m0/s1. The fourth-order valence-corrected chi connectivity index (χ4v) is 5.71. The zero-order chi connectivity index (χ0) is 14.4. The van der Waals surface area contributed by atoms with Gasteiger partial charge < -0.3 is 10.6 Å². The highest BCUT2D eigenvalue weighted by atomic mass is 32.2. The van der Waals surface area contributed by atoms with E-state index in [0.29, 0.717) is 12.1 Å². The van der Waals surface area contributed by atoms with Crippen molar-refractivity contribution >= 4 is 16.9 Å². The second kappa shape index (κ2) is 5.20. The van der Waals surface area contributed by atoms with Crippen molar-refractivity contribution in [1.82, 2.24) is 10.6 Å². The van der Waals surface area contributed by atoms with Crippen molar-refractivity contribution in [2.75, 3.05) is 0 Å². The number of fused-ring (bicyclic) bond motifs is 1. The van der Waals surface area contributed by atoms with Crippen molar-refractivity contribution in [1.29, 1.82) is 0 Å². The molecule has 0 radical (unpaired) electrons. The molecule has 3 nitrogen and oxygen atoms in total. The van der Waals surface area contributed by atoms with Gasteiger partial charge in [0.05, 0.1) is 6.04 Å². The lowest BCUT2D eigenvalue weighted by Crippen LogP contribution is -2.62. The van der Waals surface area contributed by atoms with Gasteiger partial charge in [-0.1, -0.05) is 24.6 Å². The summed E-state index contributed by atoms with van der Waals surface area (Å²) in [6.45, 7) is 9.25. The van der Waals surface area contributed by atoms with Crippen LogP contribution in [0.15, 0.2) is 4.99 Å². The first-order valence-corrected chi connectivity index (χ1v) is 9.01. The highest BCUT2D eigenvalue weighted by molar-refractivity contribution is 8.14. The van der Waals surface area contributed by atoms with Crippen LogP contribution in [0.5, 0.6) is 0 Å². The van der Waals surface area contributed by atoms with Gasteiger partial charge in [-0.05, 0) is 53.4 Å². The fourth-order valence-electron chi connectivity index (χ4n) is 4.36. The molecule has 1 saturated carbocycles. The number of hydrogen-bond acceptors (Lipinski definition) is 4. The van der Waals surface area contributed by atoms with Crippen LogP contribution < -0.4 is 10.6 Å². The molecule has 2 aliphatic heterocycles. The minimum atomic E-state index is 0.204. The fraction of sp³-hybridized carbons (Fsp3) is 0.938. The van der Waals surface area contributed by atoms with Gasteiger partial charge in [-0.15, -0.1) is 0 Å². The van der Waals surface area contributed by atoms with E-state index >= 15 is 0 Å². The van der Waals surface area contributed by atoms with Gasteiger partial charge >= 0.3 is 0 Å². The Morgan fingerprint density at radius 1 is 1.10 bits per heavy atom. The first kappa shape index (κ1) is 14.7. The zero-order valence-electron chi connectivity index (χ0n) is 13.3. The van der Waals surface area contributed by atoms with Gasteiger partial charge in [-0.25, -0.2) is 0 Å². The lowest BCUT2D eigenvalue weighted by atomic mass is 9.80.